The van der Waals surface area contributed by atoms with Gasteiger partial charge in [-0.3, -0.25) is 38.4 Å². The molecule has 0 aliphatic carbocycles. The summed E-state index contributed by atoms with van der Waals surface area (Å²) in [5.41, 5.74) is 6.92. The van der Waals surface area contributed by atoms with Crippen LogP contribution >= 0.6 is 0 Å². The van der Waals surface area contributed by atoms with Crippen LogP contribution in [0.3, 0.4) is 0 Å². The number of aliphatic hydroxyl groups excluding tert-OH is 1. The van der Waals surface area contributed by atoms with Crippen LogP contribution < -0.4 is 32.3 Å². The number of carbonyl (C=O) groups excluding carboxylic acids is 7. The molecule has 1 aromatic carbocycles. The first-order chi connectivity index (χ1) is 28.3. The predicted molar refractivity (Wildman–Crippen MR) is 221 cm³/mol. The van der Waals surface area contributed by atoms with Crippen LogP contribution in [0.1, 0.15) is 92.6 Å². The van der Waals surface area contributed by atoms with Crippen LogP contribution in [-0.2, 0) is 44.8 Å². The number of likely N-dealkylation sites (tertiary alicyclic amines) is 2. The summed E-state index contributed by atoms with van der Waals surface area (Å²) in [5, 5.41) is 32.7. The van der Waals surface area contributed by atoms with Gasteiger partial charge in [0.05, 0.1) is 12.6 Å². The summed E-state index contributed by atoms with van der Waals surface area (Å²) < 4.78 is 0. The van der Waals surface area contributed by atoms with E-state index in [1.165, 1.54) is 16.7 Å². The van der Waals surface area contributed by atoms with Gasteiger partial charge in [-0.15, -0.1) is 0 Å². The van der Waals surface area contributed by atoms with Gasteiger partial charge in [-0.2, -0.15) is 0 Å². The Morgan fingerprint density at radius 3 is 1.78 bits per heavy atom. The summed E-state index contributed by atoms with van der Waals surface area (Å²) >= 11 is 0. The number of rotatable bonds is 21. The van der Waals surface area contributed by atoms with E-state index in [1.807, 2.05) is 51.1 Å². The maximum absolute atomic E-state index is 14.1. The van der Waals surface area contributed by atoms with Crippen LogP contribution in [0.4, 0.5) is 0 Å². The Morgan fingerprint density at radius 1 is 0.717 bits per heavy atom. The lowest BCUT2D eigenvalue weighted by molar-refractivity contribution is -0.145. The second kappa shape index (κ2) is 23.0. The molecule has 9 atom stereocenters. The normalized spacial score (nSPS) is 20.0. The number of nitrogens with one attached hydrogen (secondary N) is 5. The SMILES string of the molecule is CC[C@H](C)[C@H](NC(=O)[C@@H]1CCCN1C(=O)[C@H](CO)NC(=O)[C@@H](N)Cc1ccccc1)C(=O)N[C@@H](CC(C)C)C(=O)N[C@H](C(=O)N1CCC[C@H]1C(=O)N[C@@H](C)C(=O)O)C(C)C. The van der Waals surface area contributed by atoms with Gasteiger partial charge in [-0.1, -0.05) is 78.3 Å². The van der Waals surface area contributed by atoms with Crippen molar-refractivity contribution in [1.29, 1.82) is 0 Å². The molecular weight excluding hydrogens is 777 g/mol. The van der Waals surface area contributed by atoms with Crippen molar-refractivity contribution in [2.45, 2.75) is 142 Å². The van der Waals surface area contributed by atoms with Crippen molar-refractivity contribution in [3.63, 3.8) is 0 Å². The number of nitrogens with two attached hydrogens (primary N) is 1. The van der Waals surface area contributed by atoms with Gasteiger partial charge in [-0.25, -0.2) is 0 Å². The molecule has 1 aromatic rings. The third-order valence-corrected chi connectivity index (χ3v) is 11.2. The number of hydrogen-bond donors (Lipinski definition) is 8. The minimum absolute atomic E-state index is 0.0836. The van der Waals surface area contributed by atoms with Crippen molar-refractivity contribution in [2.24, 2.45) is 23.5 Å². The van der Waals surface area contributed by atoms with E-state index in [2.05, 4.69) is 26.6 Å². The topological polar surface area (TPSA) is 270 Å². The molecule has 60 heavy (non-hydrogen) atoms. The number of aliphatic hydroxyl groups is 1. The van der Waals surface area contributed by atoms with Gasteiger partial charge >= 0.3 is 5.97 Å². The number of nitrogens with zero attached hydrogens (tertiary/aromatic N) is 2. The zero-order valence-corrected chi connectivity index (χ0v) is 35.9. The number of amides is 7. The Hall–Kier alpha value is -5.10. The van der Waals surface area contributed by atoms with Crippen molar-refractivity contribution >= 4 is 47.3 Å². The molecule has 2 heterocycles. The van der Waals surface area contributed by atoms with Crippen molar-refractivity contribution in [3.05, 3.63) is 35.9 Å². The highest BCUT2D eigenvalue weighted by molar-refractivity contribution is 5.98. The summed E-state index contributed by atoms with van der Waals surface area (Å²) in [7, 11) is 0. The van der Waals surface area contributed by atoms with Crippen LogP contribution in [0, 0.1) is 17.8 Å². The fourth-order valence-corrected chi connectivity index (χ4v) is 7.46. The highest BCUT2D eigenvalue weighted by Crippen LogP contribution is 2.22. The highest BCUT2D eigenvalue weighted by atomic mass is 16.4. The van der Waals surface area contributed by atoms with Crippen molar-refractivity contribution in [2.75, 3.05) is 19.7 Å². The van der Waals surface area contributed by atoms with Gasteiger partial charge in [0.15, 0.2) is 0 Å². The summed E-state index contributed by atoms with van der Waals surface area (Å²) in [6, 6.07) is 0.363. The Morgan fingerprint density at radius 2 is 1.27 bits per heavy atom. The van der Waals surface area contributed by atoms with Gasteiger partial charge in [0.25, 0.3) is 0 Å². The molecule has 2 saturated heterocycles. The molecule has 9 N–H and O–H groups in total. The van der Waals surface area contributed by atoms with Crippen LogP contribution in [0.15, 0.2) is 30.3 Å². The minimum Gasteiger partial charge on any atom is -0.480 e. The second-order valence-corrected chi connectivity index (χ2v) is 16.8. The van der Waals surface area contributed by atoms with E-state index < -0.39 is 114 Å². The van der Waals surface area contributed by atoms with Crippen molar-refractivity contribution in [1.82, 2.24) is 36.4 Å². The molecule has 18 heteroatoms. The zero-order chi connectivity index (χ0) is 44.8. The summed E-state index contributed by atoms with van der Waals surface area (Å²) in [6.07, 6.45) is 2.43. The molecule has 0 bridgehead atoms. The van der Waals surface area contributed by atoms with Gasteiger partial charge in [0, 0.05) is 13.1 Å². The summed E-state index contributed by atoms with van der Waals surface area (Å²) in [4.78, 5) is 109. The van der Waals surface area contributed by atoms with Gasteiger partial charge in [-0.05, 0) is 68.8 Å². The van der Waals surface area contributed by atoms with E-state index in [-0.39, 0.29) is 38.3 Å². The molecule has 2 aliphatic heterocycles. The zero-order valence-electron chi connectivity index (χ0n) is 35.9. The first-order valence-corrected chi connectivity index (χ1v) is 21.1. The number of hydrogen-bond acceptors (Lipinski definition) is 10. The van der Waals surface area contributed by atoms with Gasteiger partial charge < -0.3 is 52.3 Å². The molecule has 0 saturated carbocycles. The molecule has 0 radical (unpaired) electrons. The molecule has 0 unspecified atom stereocenters. The van der Waals surface area contributed by atoms with Crippen LogP contribution in [0.5, 0.6) is 0 Å². The number of aliphatic carboxylic acids is 1. The summed E-state index contributed by atoms with van der Waals surface area (Å²) in [5.74, 6) is -6.43. The van der Waals surface area contributed by atoms with Crippen LogP contribution in [0.25, 0.3) is 0 Å². The van der Waals surface area contributed by atoms with Crippen LogP contribution in [-0.4, -0.2) is 135 Å². The largest absolute Gasteiger partial charge is 0.480 e. The quantitative estimate of drug-likeness (QED) is 0.0804. The molecular formula is C42H66N8O10. The van der Waals surface area contributed by atoms with Crippen molar-refractivity contribution < 1.29 is 48.6 Å². The molecule has 7 amide bonds. The smallest absolute Gasteiger partial charge is 0.325 e. The Balaban J connectivity index is 1.73. The molecule has 0 aromatic heterocycles. The lowest BCUT2D eigenvalue weighted by atomic mass is 9.95. The van der Waals surface area contributed by atoms with Crippen molar-refractivity contribution in [3.8, 4) is 0 Å². The lowest BCUT2D eigenvalue weighted by Gasteiger charge is -2.33. The number of benzene rings is 1. The van der Waals surface area contributed by atoms with Crippen LogP contribution in [0.2, 0.25) is 0 Å². The molecule has 18 nitrogen and oxygen atoms in total. The third-order valence-electron chi connectivity index (χ3n) is 11.2. The monoisotopic (exact) mass is 842 g/mol. The Kier molecular flexibility index (Phi) is 18.9. The van der Waals surface area contributed by atoms with E-state index in [9.17, 15) is 48.6 Å². The van der Waals surface area contributed by atoms with E-state index in [0.717, 1.165) is 5.56 Å². The Bertz CT molecular complexity index is 1680. The van der Waals surface area contributed by atoms with Gasteiger partial charge in [0.1, 0.15) is 42.3 Å². The molecule has 334 valence electrons. The average molecular weight is 843 g/mol. The van der Waals surface area contributed by atoms with E-state index in [4.69, 9.17) is 5.73 Å². The van der Waals surface area contributed by atoms with E-state index in [1.54, 1.807) is 20.8 Å². The maximum Gasteiger partial charge on any atom is 0.325 e. The highest BCUT2D eigenvalue weighted by Gasteiger charge is 2.42. The first kappa shape index (κ1) is 49.3. The number of carboxylic acids is 1. The number of carboxylic acid groups (broad SMARTS) is 1. The second-order valence-electron chi connectivity index (χ2n) is 16.8. The molecule has 2 aliphatic rings. The Labute approximate surface area is 352 Å². The molecule has 2 fully saturated rings. The lowest BCUT2D eigenvalue weighted by Crippen LogP contribution is -2.61. The minimum atomic E-state index is -1.35. The standard InChI is InChI=1S/C42H66N8O10/c1-8-25(6)34(48-38(55)32-17-12-18-49(32)40(57)30(22-51)46-35(52)28(43)21-27-14-10-9-11-15-27)39(56)45-29(20-23(2)3)36(53)47-33(24(4)5)41(58)50-19-13-16-31(50)37(54)44-26(7)42(59)60/h9-11,14-15,23-26,28-34,51H,8,12-13,16-22,43H2,1-7H3,(H,44,54)(H,45,56)(H,46,52)(H,47,53)(H,48,55)(H,59,60)/t25-,26-,28-,29-,30-,31-,32-,33-,34-/m0/s1. The fraction of sp³-hybridized carbons (Fsp3) is 0.667. The van der Waals surface area contributed by atoms with E-state index >= 15 is 0 Å². The molecule has 3 rings (SSSR count). The predicted octanol–water partition coefficient (Wildman–Crippen LogP) is -0.193. The summed E-state index contributed by atoms with van der Waals surface area (Å²) in [6.45, 7) is 11.8. The van der Waals surface area contributed by atoms with Gasteiger partial charge in [0.2, 0.25) is 41.4 Å². The first-order valence-electron chi connectivity index (χ1n) is 21.1. The fourth-order valence-electron chi connectivity index (χ4n) is 7.46. The molecule has 0 spiro atoms. The number of carbonyl (C=O) groups is 8. The third kappa shape index (κ3) is 13.5. The maximum atomic E-state index is 14.1. The van der Waals surface area contributed by atoms with E-state index in [0.29, 0.717) is 25.7 Å². The average Bonchev–Trinajstić information content (AvgIpc) is 3.91.